The molecule has 1 aromatic carbocycles. The molecule has 6 nitrogen and oxygen atoms in total. The van der Waals surface area contributed by atoms with Crippen LogP contribution in [0.15, 0.2) is 23.1 Å². The molecule has 1 unspecified atom stereocenters. The summed E-state index contributed by atoms with van der Waals surface area (Å²) in [5, 5.41) is 9.26. The van der Waals surface area contributed by atoms with Gasteiger partial charge in [-0.15, -0.1) is 0 Å². The molecule has 1 heterocycles. The summed E-state index contributed by atoms with van der Waals surface area (Å²) in [6.45, 7) is 2.14. The molecular weight excluding hydrogens is 315 g/mol. The molecule has 1 aliphatic carbocycles. The Kier molecular flexibility index (Phi) is 4.28. The lowest BCUT2D eigenvalue weighted by Crippen LogP contribution is -2.26. The maximum absolute atomic E-state index is 14.4. The molecule has 0 radical (unpaired) electrons. The van der Waals surface area contributed by atoms with E-state index in [0.717, 1.165) is 18.9 Å². The van der Waals surface area contributed by atoms with Crippen molar-refractivity contribution in [1.29, 1.82) is 0 Å². The van der Waals surface area contributed by atoms with E-state index in [1.165, 1.54) is 12.3 Å². The minimum absolute atomic E-state index is 0.0247. The Balaban J connectivity index is 2.21. The molecule has 1 saturated carbocycles. The van der Waals surface area contributed by atoms with Gasteiger partial charge in [0, 0.05) is 30.2 Å². The average Bonchev–Trinajstić information content (AvgIpc) is 3.38. The molecule has 0 aliphatic heterocycles. The first-order chi connectivity index (χ1) is 11.5. The Hall–Kier alpha value is -2.41. The highest BCUT2D eigenvalue weighted by Crippen LogP contribution is 2.38. The zero-order valence-corrected chi connectivity index (χ0v) is 13.3. The Morgan fingerprint density at radius 2 is 2.21 bits per heavy atom. The molecule has 1 aliphatic rings. The number of fused-ring (bicyclic) bond motifs is 1. The number of aromatic nitrogens is 1. The van der Waals surface area contributed by atoms with Crippen LogP contribution < -0.4 is 15.9 Å². The maximum Gasteiger partial charge on any atom is 0.341 e. The Bertz CT molecular complexity index is 854. The molecule has 3 rings (SSSR count). The van der Waals surface area contributed by atoms with E-state index in [2.05, 4.69) is 0 Å². The first-order valence-electron chi connectivity index (χ1n) is 7.94. The first kappa shape index (κ1) is 16.4. The number of carboxylic acids is 1. The Morgan fingerprint density at radius 3 is 2.75 bits per heavy atom. The van der Waals surface area contributed by atoms with Crippen molar-refractivity contribution in [1.82, 2.24) is 4.57 Å². The first-order valence-corrected chi connectivity index (χ1v) is 7.94. The minimum atomic E-state index is -1.31. The summed E-state index contributed by atoms with van der Waals surface area (Å²) in [7, 11) is 0. The van der Waals surface area contributed by atoms with Gasteiger partial charge >= 0.3 is 5.97 Å². The van der Waals surface area contributed by atoms with Crippen molar-refractivity contribution in [3.8, 4) is 5.75 Å². The van der Waals surface area contributed by atoms with E-state index in [9.17, 15) is 19.1 Å². The predicted octanol–water partition coefficient (Wildman–Crippen LogP) is 2.29. The molecule has 3 N–H and O–H groups in total. The van der Waals surface area contributed by atoms with E-state index in [4.69, 9.17) is 10.5 Å². The molecule has 0 bridgehead atoms. The number of nitrogens with zero attached hydrogens (tertiary/aromatic N) is 1. The summed E-state index contributed by atoms with van der Waals surface area (Å²) in [5.41, 5.74) is 5.03. The monoisotopic (exact) mass is 334 g/mol. The van der Waals surface area contributed by atoms with Crippen LogP contribution in [0.3, 0.4) is 0 Å². The summed E-state index contributed by atoms with van der Waals surface area (Å²) >= 11 is 0. The topological polar surface area (TPSA) is 94.6 Å². The SMILES string of the molecule is CCC(CN)Oc1cc2c(cc1F)c(=O)c(C(=O)O)cn2C1CC1. The number of carbonyl (C=O) groups is 1. The van der Waals surface area contributed by atoms with E-state index in [1.807, 2.05) is 6.92 Å². The normalized spacial score (nSPS) is 15.5. The van der Waals surface area contributed by atoms with Crippen LogP contribution in [0.25, 0.3) is 10.9 Å². The van der Waals surface area contributed by atoms with Crippen LogP contribution in [0.5, 0.6) is 5.75 Å². The molecule has 24 heavy (non-hydrogen) atoms. The number of halogens is 1. The number of benzene rings is 1. The molecule has 0 amide bonds. The highest BCUT2D eigenvalue weighted by Gasteiger charge is 2.27. The fourth-order valence-electron chi connectivity index (χ4n) is 2.73. The second kappa shape index (κ2) is 6.24. The van der Waals surface area contributed by atoms with Crippen LogP contribution in [-0.4, -0.2) is 28.3 Å². The third-order valence-electron chi connectivity index (χ3n) is 4.27. The molecule has 1 fully saturated rings. The van der Waals surface area contributed by atoms with E-state index in [1.54, 1.807) is 4.57 Å². The molecular formula is C17H19FN2O4. The highest BCUT2D eigenvalue weighted by atomic mass is 19.1. The molecule has 128 valence electrons. The van der Waals surface area contributed by atoms with Gasteiger partial charge in [-0.2, -0.15) is 0 Å². The third kappa shape index (κ3) is 2.87. The van der Waals surface area contributed by atoms with Crippen molar-refractivity contribution in [3.63, 3.8) is 0 Å². The van der Waals surface area contributed by atoms with Crippen molar-refractivity contribution < 1.29 is 19.0 Å². The summed E-state index contributed by atoms with van der Waals surface area (Å²) in [4.78, 5) is 23.6. The van der Waals surface area contributed by atoms with Crippen LogP contribution in [0.4, 0.5) is 4.39 Å². The number of hydrogen-bond acceptors (Lipinski definition) is 4. The van der Waals surface area contributed by atoms with Crippen molar-refractivity contribution in [3.05, 3.63) is 39.9 Å². The van der Waals surface area contributed by atoms with Crippen LogP contribution >= 0.6 is 0 Å². The van der Waals surface area contributed by atoms with E-state index in [0.29, 0.717) is 11.9 Å². The Morgan fingerprint density at radius 1 is 1.50 bits per heavy atom. The summed E-state index contributed by atoms with van der Waals surface area (Å²) in [5.74, 6) is -1.99. The fourth-order valence-corrected chi connectivity index (χ4v) is 2.73. The van der Waals surface area contributed by atoms with E-state index >= 15 is 0 Å². The predicted molar refractivity (Wildman–Crippen MR) is 87.2 cm³/mol. The van der Waals surface area contributed by atoms with Crippen molar-refractivity contribution in [2.45, 2.75) is 38.3 Å². The Labute approximate surface area is 137 Å². The van der Waals surface area contributed by atoms with Crippen LogP contribution in [-0.2, 0) is 0 Å². The third-order valence-corrected chi connectivity index (χ3v) is 4.27. The summed E-state index contributed by atoms with van der Waals surface area (Å²) < 4.78 is 21.7. The zero-order chi connectivity index (χ0) is 17.4. The highest BCUT2D eigenvalue weighted by molar-refractivity contribution is 5.93. The number of nitrogens with two attached hydrogens (primary N) is 1. The number of ether oxygens (including phenoxy) is 1. The maximum atomic E-state index is 14.4. The fraction of sp³-hybridized carbons (Fsp3) is 0.412. The lowest BCUT2D eigenvalue weighted by molar-refractivity contribution is 0.0695. The van der Waals surface area contributed by atoms with E-state index < -0.39 is 17.2 Å². The standard InChI is InChI=1S/C17H19FN2O4/c1-2-10(7-19)24-15-6-14-11(5-13(15)18)16(21)12(17(22)23)8-20(14)9-3-4-9/h5-6,8-10H,2-4,7,19H2,1H3,(H,22,23). The number of hydrogen-bond donors (Lipinski definition) is 2. The number of pyridine rings is 1. The summed E-state index contributed by atoms with van der Waals surface area (Å²) in [6, 6.07) is 2.65. The van der Waals surface area contributed by atoms with Crippen LogP contribution in [0.1, 0.15) is 42.6 Å². The van der Waals surface area contributed by atoms with Gasteiger partial charge in [-0.05, 0) is 25.3 Å². The minimum Gasteiger partial charge on any atom is -0.486 e. The summed E-state index contributed by atoms with van der Waals surface area (Å²) in [6.07, 6.45) is 3.43. The quantitative estimate of drug-likeness (QED) is 0.845. The van der Waals surface area contributed by atoms with E-state index in [-0.39, 0.29) is 35.4 Å². The van der Waals surface area contributed by atoms with Gasteiger partial charge in [0.15, 0.2) is 11.6 Å². The smallest absolute Gasteiger partial charge is 0.341 e. The molecule has 2 aromatic rings. The number of rotatable bonds is 6. The molecule has 7 heteroatoms. The molecule has 0 spiro atoms. The van der Waals surface area contributed by atoms with Crippen LogP contribution in [0.2, 0.25) is 0 Å². The average molecular weight is 334 g/mol. The molecule has 1 atom stereocenters. The largest absolute Gasteiger partial charge is 0.486 e. The lowest BCUT2D eigenvalue weighted by Gasteiger charge is -2.18. The van der Waals surface area contributed by atoms with Gasteiger partial charge < -0.3 is 20.1 Å². The second-order valence-corrected chi connectivity index (χ2v) is 6.00. The number of aromatic carboxylic acids is 1. The van der Waals surface area contributed by atoms with Gasteiger partial charge in [-0.3, -0.25) is 4.79 Å². The van der Waals surface area contributed by atoms with Gasteiger partial charge in [-0.1, -0.05) is 6.92 Å². The van der Waals surface area contributed by atoms with Gasteiger partial charge in [0.05, 0.1) is 5.52 Å². The number of carboxylic acid groups (broad SMARTS) is 1. The zero-order valence-electron chi connectivity index (χ0n) is 13.3. The second-order valence-electron chi connectivity index (χ2n) is 6.00. The van der Waals surface area contributed by atoms with Gasteiger partial charge in [0.25, 0.3) is 0 Å². The molecule has 1 aromatic heterocycles. The van der Waals surface area contributed by atoms with Gasteiger partial charge in [0.1, 0.15) is 11.7 Å². The van der Waals surface area contributed by atoms with Crippen LogP contribution in [0, 0.1) is 5.82 Å². The van der Waals surface area contributed by atoms with Crippen molar-refractivity contribution >= 4 is 16.9 Å². The van der Waals surface area contributed by atoms with Gasteiger partial charge in [-0.25, -0.2) is 9.18 Å². The van der Waals surface area contributed by atoms with Crippen molar-refractivity contribution in [2.75, 3.05) is 6.54 Å². The van der Waals surface area contributed by atoms with Crippen molar-refractivity contribution in [2.24, 2.45) is 5.73 Å². The molecule has 0 saturated heterocycles. The van der Waals surface area contributed by atoms with Gasteiger partial charge in [0.2, 0.25) is 5.43 Å². The lowest BCUT2D eigenvalue weighted by atomic mass is 10.1.